The van der Waals surface area contributed by atoms with Crippen molar-refractivity contribution >= 4 is 22.6 Å². The predicted octanol–water partition coefficient (Wildman–Crippen LogP) is 16.3. The second-order valence-electron chi connectivity index (χ2n) is 19.6. The molecule has 0 radical (unpaired) electrons. The summed E-state index contributed by atoms with van der Waals surface area (Å²) >= 11 is 0. The number of para-hydroxylation sites is 1. The van der Waals surface area contributed by atoms with Crippen LogP contribution in [0.15, 0.2) is 151 Å². The smallest absolute Gasteiger partial charge is 0.0538 e. The summed E-state index contributed by atoms with van der Waals surface area (Å²) in [5, 5.41) is 1.35. The summed E-state index contributed by atoms with van der Waals surface area (Å²) in [6.07, 6.45) is 17.3. The quantitative estimate of drug-likeness (QED) is 0.158. The number of allylic oxidation sites excluding steroid dienone is 7. The van der Waals surface area contributed by atoms with Gasteiger partial charge in [0.25, 0.3) is 0 Å². The molecule has 2 unspecified atom stereocenters. The third-order valence-electron chi connectivity index (χ3n) is 15.4. The van der Waals surface area contributed by atoms with E-state index >= 15 is 0 Å². The van der Waals surface area contributed by atoms with E-state index < -0.39 is 0 Å². The molecule has 62 heavy (non-hydrogen) atoms. The Morgan fingerprint density at radius 1 is 0.645 bits per heavy atom. The van der Waals surface area contributed by atoms with Gasteiger partial charge in [0.2, 0.25) is 0 Å². The predicted molar refractivity (Wildman–Crippen MR) is 265 cm³/mol. The molecule has 0 saturated heterocycles. The van der Waals surface area contributed by atoms with Gasteiger partial charge >= 0.3 is 0 Å². The molecule has 0 fully saturated rings. The molecule has 0 N–H and O–H groups in total. The highest BCUT2D eigenvalue weighted by molar-refractivity contribution is 5.96. The molecule has 6 aromatic carbocycles. The minimum atomic E-state index is -0.117. The highest BCUT2D eigenvalue weighted by Gasteiger charge is 2.39. The van der Waals surface area contributed by atoms with E-state index in [0.717, 1.165) is 19.3 Å². The van der Waals surface area contributed by atoms with Gasteiger partial charge in [-0.15, -0.1) is 0 Å². The lowest BCUT2D eigenvalue weighted by molar-refractivity contribution is 0.651. The number of benzene rings is 6. The summed E-state index contributed by atoms with van der Waals surface area (Å²) in [6, 6.07) is 44.5. The lowest BCUT2D eigenvalue weighted by Gasteiger charge is -2.25. The third kappa shape index (κ3) is 5.66. The molecule has 1 aromatic heterocycles. The molecule has 4 aliphatic carbocycles. The zero-order valence-electron chi connectivity index (χ0n) is 37.7. The number of hydrogen-bond donors (Lipinski definition) is 0. The molecule has 11 rings (SSSR count). The van der Waals surface area contributed by atoms with Crippen LogP contribution in [-0.2, 0) is 17.3 Å². The van der Waals surface area contributed by atoms with E-state index in [0.29, 0.717) is 11.8 Å². The average molecular weight is 804 g/mol. The molecule has 4 aliphatic rings. The Kier molecular flexibility index (Phi) is 8.86. The Hall–Kier alpha value is -6.18. The molecular formula is C61H57N. The van der Waals surface area contributed by atoms with Crippen LogP contribution in [0.1, 0.15) is 122 Å². The van der Waals surface area contributed by atoms with Crippen LogP contribution in [0.4, 0.5) is 0 Å². The zero-order valence-corrected chi connectivity index (χ0v) is 37.7. The second kappa shape index (κ2) is 14.2. The largest absolute Gasteiger partial charge is 0.309 e. The van der Waals surface area contributed by atoms with Gasteiger partial charge < -0.3 is 4.57 Å². The van der Waals surface area contributed by atoms with E-state index in [9.17, 15) is 0 Å². The molecule has 7 aromatic rings. The lowest BCUT2D eigenvalue weighted by atomic mass is 9.78. The van der Waals surface area contributed by atoms with Gasteiger partial charge in [0.15, 0.2) is 0 Å². The Balaban J connectivity index is 1.03. The normalized spacial score (nSPS) is 18.0. The van der Waals surface area contributed by atoms with Gasteiger partial charge in [-0.25, -0.2) is 0 Å². The Morgan fingerprint density at radius 3 is 2.16 bits per heavy atom. The second-order valence-corrected chi connectivity index (χ2v) is 19.6. The summed E-state index contributed by atoms with van der Waals surface area (Å²) < 4.78 is 2.52. The summed E-state index contributed by atoms with van der Waals surface area (Å²) in [4.78, 5) is 0. The standard InChI is InChI=1S/C61H57N/c1-9-37(2)58-47(44-19-15-13-17-38(44)3)29-30-52-59(58)48-28-24-43(36-54(48)61(52,7)8)41-26-32-57-50(34-41)49-33-40(25-31-56(49)62(57)55-22-16-14-18-39(55)4)42-23-27-46-45-20-11-10-12-21-51(45)60(5,6)53(46)35-42/h11-32,34-37,40H,9-10,33H2,1-8H3. The van der Waals surface area contributed by atoms with Crippen molar-refractivity contribution in [2.24, 2.45) is 0 Å². The van der Waals surface area contributed by atoms with E-state index in [1.807, 2.05) is 0 Å². The number of rotatable bonds is 6. The van der Waals surface area contributed by atoms with Crippen molar-refractivity contribution in [3.63, 3.8) is 0 Å². The van der Waals surface area contributed by atoms with Crippen molar-refractivity contribution in [2.75, 3.05) is 0 Å². The Bertz CT molecular complexity index is 3150. The van der Waals surface area contributed by atoms with Crippen molar-refractivity contribution in [3.8, 4) is 39.1 Å². The van der Waals surface area contributed by atoms with Crippen molar-refractivity contribution in [3.05, 3.63) is 207 Å². The van der Waals surface area contributed by atoms with Crippen LogP contribution in [0, 0.1) is 13.8 Å². The Labute approximate surface area is 368 Å². The van der Waals surface area contributed by atoms with Crippen molar-refractivity contribution in [1.82, 2.24) is 4.57 Å². The maximum Gasteiger partial charge on any atom is 0.0538 e. The van der Waals surface area contributed by atoms with Gasteiger partial charge in [-0.05, 0) is 164 Å². The first-order valence-electron chi connectivity index (χ1n) is 23.0. The van der Waals surface area contributed by atoms with Crippen LogP contribution >= 0.6 is 0 Å². The van der Waals surface area contributed by atoms with E-state index in [1.165, 1.54) is 117 Å². The first-order chi connectivity index (χ1) is 30.0. The first-order valence-corrected chi connectivity index (χ1v) is 23.0. The molecule has 0 spiro atoms. The number of aromatic nitrogens is 1. The van der Waals surface area contributed by atoms with Gasteiger partial charge in [0.05, 0.1) is 5.52 Å². The molecular weight excluding hydrogens is 747 g/mol. The van der Waals surface area contributed by atoms with Crippen LogP contribution in [0.2, 0.25) is 0 Å². The van der Waals surface area contributed by atoms with Gasteiger partial charge in [-0.1, -0.05) is 163 Å². The Morgan fingerprint density at radius 2 is 1.35 bits per heavy atom. The zero-order chi connectivity index (χ0) is 42.7. The molecule has 0 bridgehead atoms. The molecule has 306 valence electrons. The van der Waals surface area contributed by atoms with E-state index in [1.54, 1.807) is 0 Å². The SMILES string of the molecule is CCC(C)c1c(-c2ccccc2C)ccc2c1-c1ccc(-c3ccc4c(c3)c3c(n4-c4ccccc4C)C=CC(c4ccc5c(c4)C(C)(C)C4=C5C=CCC=C4)C3)cc1C2(C)C. The monoisotopic (exact) mass is 803 g/mol. The van der Waals surface area contributed by atoms with Crippen LogP contribution in [0.3, 0.4) is 0 Å². The number of nitrogens with zero attached hydrogens (tertiary/aromatic N) is 1. The maximum absolute atomic E-state index is 2.53. The summed E-state index contributed by atoms with van der Waals surface area (Å²) in [6.45, 7) is 18.9. The van der Waals surface area contributed by atoms with Crippen LogP contribution < -0.4 is 0 Å². The molecule has 1 heterocycles. The summed E-state index contributed by atoms with van der Waals surface area (Å²) in [7, 11) is 0. The van der Waals surface area contributed by atoms with Gasteiger partial charge in [-0.3, -0.25) is 0 Å². The van der Waals surface area contributed by atoms with Crippen LogP contribution in [0.25, 0.3) is 61.6 Å². The highest BCUT2D eigenvalue weighted by atomic mass is 15.0. The lowest BCUT2D eigenvalue weighted by Crippen LogP contribution is -2.17. The average Bonchev–Trinajstić information content (AvgIpc) is 3.67. The van der Waals surface area contributed by atoms with E-state index in [4.69, 9.17) is 0 Å². The molecule has 0 amide bonds. The molecule has 0 saturated carbocycles. The van der Waals surface area contributed by atoms with E-state index in [-0.39, 0.29) is 10.8 Å². The van der Waals surface area contributed by atoms with Crippen molar-refractivity contribution < 1.29 is 0 Å². The number of aryl methyl sites for hydroxylation is 2. The number of hydrogen-bond acceptors (Lipinski definition) is 0. The van der Waals surface area contributed by atoms with Crippen molar-refractivity contribution in [1.29, 1.82) is 0 Å². The van der Waals surface area contributed by atoms with Gasteiger partial charge in [0.1, 0.15) is 0 Å². The minimum absolute atomic E-state index is 0.0317. The van der Waals surface area contributed by atoms with E-state index in [2.05, 4.69) is 212 Å². The van der Waals surface area contributed by atoms with Crippen LogP contribution in [0.5, 0.6) is 0 Å². The topological polar surface area (TPSA) is 4.93 Å². The summed E-state index contributed by atoms with van der Waals surface area (Å²) in [5.41, 5.74) is 27.3. The highest BCUT2D eigenvalue weighted by Crippen LogP contribution is 2.55. The van der Waals surface area contributed by atoms with Gasteiger partial charge in [0, 0.05) is 33.5 Å². The number of fused-ring (bicyclic) bond motifs is 8. The molecule has 0 aliphatic heterocycles. The molecule has 1 heteroatoms. The fraction of sp³-hybridized carbons (Fsp3) is 0.246. The minimum Gasteiger partial charge on any atom is -0.309 e. The van der Waals surface area contributed by atoms with Crippen LogP contribution in [-0.4, -0.2) is 4.57 Å². The first kappa shape index (κ1) is 38.7. The maximum atomic E-state index is 2.53. The third-order valence-corrected chi connectivity index (χ3v) is 15.4. The fourth-order valence-electron chi connectivity index (χ4n) is 11.7. The fourth-order valence-corrected chi connectivity index (χ4v) is 11.7. The van der Waals surface area contributed by atoms with Gasteiger partial charge in [-0.2, -0.15) is 0 Å². The molecule has 2 atom stereocenters. The summed E-state index contributed by atoms with van der Waals surface area (Å²) in [5.74, 6) is 0.729. The molecule has 1 nitrogen and oxygen atoms in total. The van der Waals surface area contributed by atoms with Crippen molar-refractivity contribution in [2.45, 2.75) is 97.3 Å².